The summed E-state index contributed by atoms with van der Waals surface area (Å²) in [6.45, 7) is 3.49. The minimum atomic E-state index is -0.764. The number of hydrogen-bond acceptors (Lipinski definition) is 3. The molecule has 0 aliphatic rings. The molecule has 0 radical (unpaired) electrons. The van der Waals surface area contributed by atoms with Gasteiger partial charge in [0.2, 0.25) is 0 Å². The Morgan fingerprint density at radius 1 is 1.42 bits per heavy atom. The molecule has 1 aromatic rings. The summed E-state index contributed by atoms with van der Waals surface area (Å²) in [5.41, 5.74) is 1.63. The monoisotopic (exact) mass is 164 g/mol. The summed E-state index contributed by atoms with van der Waals surface area (Å²) in [6, 6.07) is 3.23. The zero-order valence-corrected chi connectivity index (χ0v) is 6.87. The summed E-state index contributed by atoms with van der Waals surface area (Å²) in [4.78, 5) is 24.8. The predicted molar refractivity (Wildman–Crippen MR) is 43.8 cm³/mol. The lowest BCUT2D eigenvalue weighted by atomic mass is 10.2. The van der Waals surface area contributed by atoms with Crippen molar-refractivity contribution in [1.29, 1.82) is 0 Å². The maximum absolute atomic E-state index is 10.8. The summed E-state index contributed by atoms with van der Waals surface area (Å²) >= 11 is 0. The normalized spacial score (nSPS) is 9.50. The molecule has 0 saturated carbocycles. The molecule has 4 nitrogen and oxygen atoms in total. The first kappa shape index (κ1) is 8.52. The number of aromatic nitrogens is 1. The van der Waals surface area contributed by atoms with Crippen LogP contribution in [0.1, 0.15) is 21.7 Å². The van der Waals surface area contributed by atoms with Gasteiger partial charge in [-0.15, -0.1) is 4.91 Å². The van der Waals surface area contributed by atoms with Crippen molar-refractivity contribution < 1.29 is 4.79 Å². The number of carbonyl (C=O) groups is 1. The lowest BCUT2D eigenvalue weighted by Gasteiger charge is -1.98. The Kier molecular flexibility index (Phi) is 2.28. The lowest BCUT2D eigenvalue weighted by Crippen LogP contribution is -2.00. The highest BCUT2D eigenvalue weighted by molar-refractivity contribution is 5.95. The van der Waals surface area contributed by atoms with Crippen LogP contribution in [-0.4, -0.2) is 10.9 Å². The summed E-state index contributed by atoms with van der Waals surface area (Å²) in [5, 5.41) is 2.32. The highest BCUT2D eigenvalue weighted by atomic mass is 16.3. The molecule has 0 spiro atoms. The molecule has 0 saturated heterocycles. The van der Waals surface area contributed by atoms with Gasteiger partial charge in [-0.3, -0.25) is 9.78 Å². The Balaban J connectivity index is 3.18. The van der Waals surface area contributed by atoms with Crippen LogP contribution in [0.5, 0.6) is 0 Å². The number of amides is 1. The molecule has 0 aliphatic heterocycles. The molecule has 0 aromatic carbocycles. The van der Waals surface area contributed by atoms with Crippen molar-refractivity contribution in [3.8, 4) is 0 Å². The first-order chi connectivity index (χ1) is 5.65. The van der Waals surface area contributed by atoms with Crippen LogP contribution < -0.4 is 0 Å². The summed E-state index contributed by atoms with van der Waals surface area (Å²) in [5.74, 6) is -0.764. The second-order valence-corrected chi connectivity index (χ2v) is 2.48. The van der Waals surface area contributed by atoms with Crippen LogP contribution in [0.3, 0.4) is 0 Å². The SMILES string of the molecule is Cc1ccc(C(=O)N=O)c(C)n1. The van der Waals surface area contributed by atoms with Gasteiger partial charge in [0, 0.05) is 10.9 Å². The minimum Gasteiger partial charge on any atom is -0.263 e. The Morgan fingerprint density at radius 3 is 2.58 bits per heavy atom. The molecule has 0 N–H and O–H groups in total. The molecule has 0 aliphatic carbocycles. The van der Waals surface area contributed by atoms with Crippen LogP contribution in [0.25, 0.3) is 0 Å². The molecule has 4 heteroatoms. The molecule has 12 heavy (non-hydrogen) atoms. The van der Waals surface area contributed by atoms with Gasteiger partial charge in [-0.05, 0) is 26.0 Å². The average molecular weight is 164 g/mol. The van der Waals surface area contributed by atoms with Gasteiger partial charge in [0.1, 0.15) is 0 Å². The van der Waals surface area contributed by atoms with E-state index in [9.17, 15) is 9.70 Å². The number of aryl methyl sites for hydroxylation is 2. The molecule has 0 unspecified atom stereocenters. The van der Waals surface area contributed by atoms with Crippen molar-refractivity contribution in [3.05, 3.63) is 34.0 Å². The fourth-order valence-corrected chi connectivity index (χ4v) is 0.962. The van der Waals surface area contributed by atoms with E-state index < -0.39 is 5.91 Å². The molecule has 1 heterocycles. The van der Waals surface area contributed by atoms with E-state index in [0.717, 1.165) is 5.69 Å². The zero-order valence-electron chi connectivity index (χ0n) is 6.87. The van der Waals surface area contributed by atoms with Crippen LogP contribution in [0.4, 0.5) is 0 Å². The van der Waals surface area contributed by atoms with E-state index in [-0.39, 0.29) is 5.56 Å². The standard InChI is InChI=1S/C8H8N2O2/c1-5-3-4-7(6(2)9-5)8(11)10-12/h3-4H,1-2H3. The molecule has 0 fully saturated rings. The quantitative estimate of drug-likeness (QED) is 0.592. The maximum Gasteiger partial charge on any atom is 0.318 e. The smallest absolute Gasteiger partial charge is 0.263 e. The van der Waals surface area contributed by atoms with E-state index in [1.165, 1.54) is 0 Å². The van der Waals surface area contributed by atoms with Gasteiger partial charge in [-0.1, -0.05) is 0 Å². The molecule has 0 atom stereocenters. The molecular formula is C8H8N2O2. The molecule has 62 valence electrons. The van der Waals surface area contributed by atoms with Crippen molar-refractivity contribution in [3.63, 3.8) is 0 Å². The van der Waals surface area contributed by atoms with Crippen LogP contribution in [0.2, 0.25) is 0 Å². The summed E-state index contributed by atoms with van der Waals surface area (Å²) in [6.07, 6.45) is 0. The molecule has 1 aromatic heterocycles. The maximum atomic E-state index is 10.8. The largest absolute Gasteiger partial charge is 0.318 e. The highest BCUT2D eigenvalue weighted by Crippen LogP contribution is 2.07. The number of nitrogens with zero attached hydrogens (tertiary/aromatic N) is 2. The van der Waals surface area contributed by atoms with E-state index in [4.69, 9.17) is 0 Å². The zero-order chi connectivity index (χ0) is 9.14. The second-order valence-electron chi connectivity index (χ2n) is 2.48. The third-order valence-electron chi connectivity index (χ3n) is 1.54. The summed E-state index contributed by atoms with van der Waals surface area (Å²) in [7, 11) is 0. The number of hydrogen-bond donors (Lipinski definition) is 0. The minimum absolute atomic E-state index is 0.274. The van der Waals surface area contributed by atoms with E-state index in [1.807, 2.05) is 6.92 Å². The first-order valence-corrected chi connectivity index (χ1v) is 3.47. The van der Waals surface area contributed by atoms with Gasteiger partial charge in [0.15, 0.2) is 0 Å². The topological polar surface area (TPSA) is 59.4 Å². The van der Waals surface area contributed by atoms with Crippen molar-refractivity contribution in [2.75, 3.05) is 0 Å². The Hall–Kier alpha value is -1.58. The van der Waals surface area contributed by atoms with Crippen LogP contribution in [0, 0.1) is 18.8 Å². The van der Waals surface area contributed by atoms with Gasteiger partial charge in [-0.25, -0.2) is 0 Å². The average Bonchev–Trinajstić information content (AvgIpc) is 2.03. The molecule has 1 rings (SSSR count). The predicted octanol–water partition coefficient (Wildman–Crippen LogP) is 1.61. The van der Waals surface area contributed by atoms with Crippen molar-refractivity contribution in [1.82, 2.24) is 4.98 Å². The van der Waals surface area contributed by atoms with Gasteiger partial charge in [-0.2, -0.15) is 0 Å². The molecule has 1 amide bonds. The number of pyridine rings is 1. The molecule has 0 bridgehead atoms. The molecular weight excluding hydrogens is 156 g/mol. The van der Waals surface area contributed by atoms with Gasteiger partial charge < -0.3 is 0 Å². The Bertz CT molecular complexity index is 334. The fraction of sp³-hybridized carbons (Fsp3) is 0.250. The number of nitroso groups, excluding NO2 is 1. The van der Waals surface area contributed by atoms with E-state index in [0.29, 0.717) is 5.69 Å². The van der Waals surface area contributed by atoms with Crippen LogP contribution in [0.15, 0.2) is 17.3 Å². The van der Waals surface area contributed by atoms with E-state index in [1.54, 1.807) is 19.1 Å². The Labute approximate surface area is 69.6 Å². The third kappa shape index (κ3) is 1.53. The van der Waals surface area contributed by atoms with E-state index in [2.05, 4.69) is 10.2 Å². The third-order valence-corrected chi connectivity index (χ3v) is 1.54. The van der Waals surface area contributed by atoms with Crippen molar-refractivity contribution in [2.45, 2.75) is 13.8 Å². The number of carbonyl (C=O) groups excluding carboxylic acids is 1. The van der Waals surface area contributed by atoms with Crippen molar-refractivity contribution in [2.24, 2.45) is 5.18 Å². The van der Waals surface area contributed by atoms with Crippen LogP contribution in [-0.2, 0) is 0 Å². The Morgan fingerprint density at radius 2 is 2.08 bits per heavy atom. The van der Waals surface area contributed by atoms with Gasteiger partial charge in [0.25, 0.3) is 0 Å². The number of rotatable bonds is 1. The van der Waals surface area contributed by atoms with Gasteiger partial charge >= 0.3 is 5.91 Å². The van der Waals surface area contributed by atoms with Crippen LogP contribution >= 0.6 is 0 Å². The fourth-order valence-electron chi connectivity index (χ4n) is 0.962. The second kappa shape index (κ2) is 3.21. The lowest BCUT2D eigenvalue weighted by molar-refractivity contribution is 0.1000. The van der Waals surface area contributed by atoms with Crippen molar-refractivity contribution >= 4 is 5.91 Å². The van der Waals surface area contributed by atoms with Gasteiger partial charge in [0.05, 0.1) is 11.3 Å². The summed E-state index contributed by atoms with van der Waals surface area (Å²) < 4.78 is 0. The highest BCUT2D eigenvalue weighted by Gasteiger charge is 2.09. The first-order valence-electron chi connectivity index (χ1n) is 3.47. The van der Waals surface area contributed by atoms with E-state index >= 15 is 0 Å².